The van der Waals surface area contributed by atoms with Crippen LogP contribution in [0.3, 0.4) is 0 Å². The molecule has 0 aliphatic heterocycles. The van der Waals surface area contributed by atoms with Crippen molar-refractivity contribution >= 4 is 45.1 Å². The Kier molecular flexibility index (Phi) is 6.89. The van der Waals surface area contributed by atoms with Crippen LogP contribution in [0, 0.1) is 11.6 Å². The molecule has 0 bridgehead atoms. The SMILES string of the molecule is COC(=O)CCNc1ncc(Br)nc1NCc1c(F)ccc(F)c1Cl. The molecule has 0 fully saturated rings. The van der Waals surface area contributed by atoms with Crippen molar-refractivity contribution in [2.75, 3.05) is 24.3 Å². The molecule has 0 saturated carbocycles. The molecule has 0 aliphatic rings. The molecule has 0 amide bonds. The number of carbonyl (C=O) groups is 1. The summed E-state index contributed by atoms with van der Waals surface area (Å²) in [4.78, 5) is 19.5. The highest BCUT2D eigenvalue weighted by Gasteiger charge is 2.14. The quantitative estimate of drug-likeness (QED) is 0.509. The van der Waals surface area contributed by atoms with Crippen LogP contribution in [0.25, 0.3) is 0 Å². The summed E-state index contributed by atoms with van der Waals surface area (Å²) in [5.74, 6) is -1.08. The second kappa shape index (κ2) is 8.91. The minimum atomic E-state index is -0.711. The van der Waals surface area contributed by atoms with E-state index in [2.05, 4.69) is 41.3 Å². The fourth-order valence-electron chi connectivity index (χ4n) is 1.91. The van der Waals surface area contributed by atoms with Crippen LogP contribution in [0.5, 0.6) is 0 Å². The summed E-state index contributed by atoms with van der Waals surface area (Å²) in [6, 6.07) is 1.96. The average Bonchev–Trinajstić information content (AvgIpc) is 2.59. The minimum Gasteiger partial charge on any atom is -0.469 e. The van der Waals surface area contributed by atoms with Crippen molar-refractivity contribution in [3.63, 3.8) is 0 Å². The second-order valence-electron chi connectivity index (χ2n) is 4.82. The number of halogens is 4. The second-order valence-corrected chi connectivity index (χ2v) is 6.01. The van der Waals surface area contributed by atoms with Crippen LogP contribution in [0.2, 0.25) is 5.02 Å². The molecule has 0 aliphatic carbocycles. The lowest BCUT2D eigenvalue weighted by molar-refractivity contribution is -0.140. The van der Waals surface area contributed by atoms with E-state index in [1.54, 1.807) is 0 Å². The van der Waals surface area contributed by atoms with Gasteiger partial charge in [-0.1, -0.05) is 11.6 Å². The van der Waals surface area contributed by atoms with E-state index in [0.717, 1.165) is 12.1 Å². The molecular formula is C15H14BrClF2N4O2. The number of methoxy groups -OCH3 is 1. The van der Waals surface area contributed by atoms with Gasteiger partial charge >= 0.3 is 5.97 Å². The third-order valence-electron chi connectivity index (χ3n) is 3.16. The van der Waals surface area contributed by atoms with Crippen LogP contribution >= 0.6 is 27.5 Å². The normalized spacial score (nSPS) is 10.4. The zero-order chi connectivity index (χ0) is 18.4. The summed E-state index contributed by atoms with van der Waals surface area (Å²) in [6.45, 7) is 0.173. The Hall–Kier alpha value is -2.00. The molecule has 0 atom stereocenters. The van der Waals surface area contributed by atoms with E-state index in [4.69, 9.17) is 11.6 Å². The molecule has 2 N–H and O–H groups in total. The number of anilines is 2. The highest BCUT2D eigenvalue weighted by molar-refractivity contribution is 9.10. The molecule has 1 heterocycles. The van der Waals surface area contributed by atoms with Gasteiger partial charge in [-0.05, 0) is 28.1 Å². The number of ether oxygens (including phenoxy) is 1. The topological polar surface area (TPSA) is 76.1 Å². The number of aromatic nitrogens is 2. The Morgan fingerprint density at radius 3 is 2.72 bits per heavy atom. The molecule has 134 valence electrons. The maximum Gasteiger partial charge on any atom is 0.307 e. The standard InChI is InChI=1S/C15H14BrClF2N4O2/c1-25-12(24)4-5-20-14-15(23-11(16)7-22-14)21-6-8-9(18)2-3-10(19)13(8)17/h2-3,7H,4-6H2,1H3,(H,20,22)(H,21,23). The summed E-state index contributed by atoms with van der Waals surface area (Å²) in [5.41, 5.74) is -0.0241. The van der Waals surface area contributed by atoms with Crippen molar-refractivity contribution in [1.29, 1.82) is 0 Å². The van der Waals surface area contributed by atoms with E-state index in [-0.39, 0.29) is 36.1 Å². The summed E-state index contributed by atoms with van der Waals surface area (Å²) in [7, 11) is 1.30. The third kappa shape index (κ3) is 5.23. The Morgan fingerprint density at radius 2 is 2.00 bits per heavy atom. The van der Waals surface area contributed by atoms with Gasteiger partial charge in [0.05, 0.1) is 24.8 Å². The number of hydrogen-bond acceptors (Lipinski definition) is 6. The van der Waals surface area contributed by atoms with Gasteiger partial charge in [-0.15, -0.1) is 0 Å². The lowest BCUT2D eigenvalue weighted by Crippen LogP contribution is -2.13. The summed E-state index contributed by atoms with van der Waals surface area (Å²) < 4.78 is 32.3. The largest absolute Gasteiger partial charge is 0.469 e. The molecule has 10 heteroatoms. The fraction of sp³-hybridized carbons (Fsp3) is 0.267. The number of rotatable bonds is 7. The molecule has 0 radical (unpaired) electrons. The van der Waals surface area contributed by atoms with Crippen molar-refractivity contribution in [3.8, 4) is 0 Å². The monoisotopic (exact) mass is 434 g/mol. The lowest BCUT2D eigenvalue weighted by atomic mass is 10.2. The van der Waals surface area contributed by atoms with Gasteiger partial charge in [0, 0.05) is 18.7 Å². The summed E-state index contributed by atoms with van der Waals surface area (Å²) in [5, 5.41) is 5.49. The van der Waals surface area contributed by atoms with Crippen LogP contribution in [-0.2, 0) is 16.1 Å². The molecule has 2 rings (SSSR count). The van der Waals surface area contributed by atoms with Crippen LogP contribution in [-0.4, -0.2) is 29.6 Å². The predicted molar refractivity (Wildman–Crippen MR) is 93.5 cm³/mol. The van der Waals surface area contributed by atoms with Gasteiger partial charge in [-0.2, -0.15) is 0 Å². The lowest BCUT2D eigenvalue weighted by Gasteiger charge is -2.13. The number of esters is 1. The average molecular weight is 436 g/mol. The first kappa shape index (κ1) is 19.3. The Labute approximate surface area is 156 Å². The van der Waals surface area contributed by atoms with E-state index in [1.807, 2.05) is 0 Å². The number of carbonyl (C=O) groups excluding carboxylic acids is 1. The van der Waals surface area contributed by atoms with E-state index in [9.17, 15) is 13.6 Å². The van der Waals surface area contributed by atoms with Gasteiger partial charge in [0.15, 0.2) is 11.6 Å². The van der Waals surface area contributed by atoms with Gasteiger partial charge in [-0.3, -0.25) is 4.79 Å². The highest BCUT2D eigenvalue weighted by atomic mass is 79.9. The Morgan fingerprint density at radius 1 is 1.28 bits per heavy atom. The Balaban J connectivity index is 2.12. The third-order valence-corrected chi connectivity index (χ3v) is 3.95. The predicted octanol–water partition coefficient (Wildman–Crippen LogP) is 3.76. The van der Waals surface area contributed by atoms with Gasteiger partial charge in [-0.25, -0.2) is 18.7 Å². The number of hydrogen-bond donors (Lipinski definition) is 2. The van der Waals surface area contributed by atoms with Crippen LogP contribution in [0.1, 0.15) is 12.0 Å². The number of nitrogens with one attached hydrogen (secondary N) is 2. The fourth-order valence-corrected chi connectivity index (χ4v) is 2.41. The van der Waals surface area contributed by atoms with E-state index in [1.165, 1.54) is 13.3 Å². The molecule has 0 spiro atoms. The first-order chi connectivity index (χ1) is 11.9. The van der Waals surface area contributed by atoms with Gasteiger partial charge in [0.25, 0.3) is 0 Å². The molecule has 1 aromatic carbocycles. The smallest absolute Gasteiger partial charge is 0.307 e. The number of benzene rings is 1. The molecule has 2 aromatic rings. The summed E-state index contributed by atoms with van der Waals surface area (Å²) in [6.07, 6.45) is 1.60. The van der Waals surface area contributed by atoms with E-state index < -0.39 is 11.6 Å². The van der Waals surface area contributed by atoms with Gasteiger partial charge < -0.3 is 15.4 Å². The number of nitrogens with zero attached hydrogens (tertiary/aromatic N) is 2. The zero-order valence-corrected chi connectivity index (χ0v) is 15.4. The maximum atomic E-state index is 13.8. The van der Waals surface area contributed by atoms with Crippen LogP contribution < -0.4 is 10.6 Å². The Bertz CT molecular complexity index is 779. The summed E-state index contributed by atoms with van der Waals surface area (Å²) >= 11 is 8.99. The first-order valence-corrected chi connectivity index (χ1v) is 8.29. The van der Waals surface area contributed by atoms with Crippen molar-refractivity contribution in [3.05, 3.63) is 45.2 Å². The minimum absolute atomic E-state index is 0.0241. The van der Waals surface area contributed by atoms with Gasteiger partial charge in [0.2, 0.25) is 0 Å². The first-order valence-electron chi connectivity index (χ1n) is 7.12. The molecular weight excluding hydrogens is 422 g/mol. The molecule has 6 nitrogen and oxygen atoms in total. The maximum absolute atomic E-state index is 13.8. The molecule has 1 aromatic heterocycles. The molecule has 25 heavy (non-hydrogen) atoms. The van der Waals surface area contributed by atoms with Gasteiger partial charge in [0.1, 0.15) is 16.2 Å². The van der Waals surface area contributed by atoms with Crippen molar-refractivity contribution in [2.45, 2.75) is 13.0 Å². The van der Waals surface area contributed by atoms with Crippen molar-refractivity contribution < 1.29 is 18.3 Å². The molecule has 0 unspecified atom stereocenters. The van der Waals surface area contributed by atoms with E-state index in [0.29, 0.717) is 16.2 Å². The highest BCUT2D eigenvalue weighted by Crippen LogP contribution is 2.25. The van der Waals surface area contributed by atoms with E-state index >= 15 is 0 Å². The van der Waals surface area contributed by atoms with Crippen molar-refractivity contribution in [1.82, 2.24) is 9.97 Å². The van der Waals surface area contributed by atoms with Crippen LogP contribution in [0.4, 0.5) is 20.4 Å². The van der Waals surface area contributed by atoms with Crippen LogP contribution in [0.15, 0.2) is 22.9 Å². The zero-order valence-electron chi connectivity index (χ0n) is 13.1. The van der Waals surface area contributed by atoms with Crippen molar-refractivity contribution in [2.24, 2.45) is 0 Å². The molecule has 0 saturated heterocycles.